The first kappa shape index (κ1) is 31.5. The van der Waals surface area contributed by atoms with Crippen LogP contribution in [0.5, 0.6) is 0 Å². The molecule has 2 N–H and O–H groups in total. The first-order valence-electron chi connectivity index (χ1n) is 16.0. The Morgan fingerprint density at radius 2 is 1.70 bits per heavy atom. The third-order valence-electron chi connectivity index (χ3n) is 8.62. The molecule has 0 saturated heterocycles. The molecule has 2 amide bonds. The number of nitrogens with one attached hydrogen (secondary N) is 2. The van der Waals surface area contributed by atoms with Crippen LogP contribution in [0.1, 0.15) is 91.0 Å². The predicted molar refractivity (Wildman–Crippen MR) is 169 cm³/mol. The van der Waals surface area contributed by atoms with Crippen LogP contribution < -0.4 is 20.4 Å². The number of hydrogen-bond acceptors (Lipinski definition) is 9. The molecule has 2 atom stereocenters. The molecule has 1 aliphatic heterocycles. The second-order valence-corrected chi connectivity index (χ2v) is 13.1. The molecule has 2 aromatic rings. The number of likely N-dealkylation sites (N-methyl/N-ethyl adjacent to an activating group) is 1. The molecule has 1 aromatic heterocycles. The van der Waals surface area contributed by atoms with Gasteiger partial charge in [0, 0.05) is 25.2 Å². The molecule has 1 aromatic carbocycles. The average Bonchev–Trinajstić information content (AvgIpc) is 3.69. The molecular formula is C33H46N6O5. The van der Waals surface area contributed by atoms with Crippen molar-refractivity contribution in [2.24, 2.45) is 0 Å². The van der Waals surface area contributed by atoms with Crippen LogP contribution in [0.4, 0.5) is 27.9 Å². The van der Waals surface area contributed by atoms with Gasteiger partial charge in [-0.3, -0.25) is 4.79 Å². The lowest BCUT2D eigenvalue weighted by Gasteiger charge is -2.43. The van der Waals surface area contributed by atoms with Crippen molar-refractivity contribution in [1.82, 2.24) is 15.3 Å². The summed E-state index contributed by atoms with van der Waals surface area (Å²) in [5.41, 5.74) is 1.66. The Kier molecular flexibility index (Phi) is 9.60. The molecule has 0 bridgehead atoms. The Labute approximate surface area is 260 Å². The number of nitrogens with zero attached hydrogens (tertiary/aromatic N) is 4. The highest BCUT2D eigenvalue weighted by Gasteiger charge is 2.41. The summed E-state index contributed by atoms with van der Waals surface area (Å²) in [5, 5.41) is 6.02. The minimum absolute atomic E-state index is 0.0818. The highest BCUT2D eigenvalue weighted by atomic mass is 16.6. The molecule has 2 heterocycles. The van der Waals surface area contributed by atoms with E-state index in [9.17, 15) is 14.4 Å². The van der Waals surface area contributed by atoms with Gasteiger partial charge in [0.25, 0.3) is 0 Å². The van der Waals surface area contributed by atoms with E-state index in [1.54, 1.807) is 38.9 Å². The second-order valence-electron chi connectivity index (χ2n) is 13.1. The molecule has 0 spiro atoms. The van der Waals surface area contributed by atoms with E-state index in [-0.39, 0.29) is 24.5 Å². The third kappa shape index (κ3) is 7.42. The summed E-state index contributed by atoms with van der Waals surface area (Å²) in [5.74, 6) is 0.866. The number of alkyl carbamates (subject to hydrolysis) is 1. The summed E-state index contributed by atoms with van der Waals surface area (Å²) in [6.45, 7) is 7.39. The van der Waals surface area contributed by atoms with Crippen molar-refractivity contribution in [3.63, 3.8) is 0 Å². The Morgan fingerprint density at radius 1 is 1.05 bits per heavy atom. The largest absolute Gasteiger partial charge is 0.461 e. The fraction of sp³-hybridized carbons (Fsp3) is 0.606. The minimum atomic E-state index is -0.874. The quantitative estimate of drug-likeness (QED) is 0.349. The van der Waals surface area contributed by atoms with Crippen molar-refractivity contribution >= 4 is 41.1 Å². The molecule has 44 heavy (non-hydrogen) atoms. The summed E-state index contributed by atoms with van der Waals surface area (Å²) < 4.78 is 11.1. The second kappa shape index (κ2) is 13.4. The maximum absolute atomic E-state index is 13.2. The first-order chi connectivity index (χ1) is 21.0. The summed E-state index contributed by atoms with van der Waals surface area (Å²) in [6, 6.07) is 6.77. The van der Waals surface area contributed by atoms with E-state index in [4.69, 9.17) is 14.5 Å². The van der Waals surface area contributed by atoms with E-state index in [0.717, 1.165) is 74.1 Å². The fourth-order valence-electron chi connectivity index (χ4n) is 6.43. The van der Waals surface area contributed by atoms with Crippen LogP contribution in [0.2, 0.25) is 0 Å². The van der Waals surface area contributed by atoms with Crippen molar-refractivity contribution in [3.8, 4) is 0 Å². The van der Waals surface area contributed by atoms with Gasteiger partial charge in [0.2, 0.25) is 11.9 Å². The van der Waals surface area contributed by atoms with Crippen LogP contribution in [0, 0.1) is 0 Å². The molecule has 2 aliphatic carbocycles. The SMILES string of the molecule is CC[C@@H]1C(=O)N(C)c2cnc(Nc3ccc(C[C@H](NC(=O)OC(C)(C)C)C(=O)OC4CCCC4)cc3)nc2N1C1CCCC1. The normalized spacial score (nSPS) is 19.9. The van der Waals surface area contributed by atoms with Gasteiger partial charge in [0.1, 0.15) is 29.5 Å². The van der Waals surface area contributed by atoms with Crippen molar-refractivity contribution in [3.05, 3.63) is 36.0 Å². The Hall–Kier alpha value is -3.89. The zero-order chi connectivity index (χ0) is 31.4. The summed E-state index contributed by atoms with van der Waals surface area (Å²) in [4.78, 5) is 52.1. The summed E-state index contributed by atoms with van der Waals surface area (Å²) in [7, 11) is 1.79. The zero-order valence-corrected chi connectivity index (χ0v) is 26.6. The summed E-state index contributed by atoms with van der Waals surface area (Å²) >= 11 is 0. The highest BCUT2D eigenvalue weighted by Crippen LogP contribution is 2.40. The molecule has 5 rings (SSSR count). The van der Waals surface area contributed by atoms with Gasteiger partial charge >= 0.3 is 12.1 Å². The molecule has 3 aliphatic rings. The van der Waals surface area contributed by atoms with Gasteiger partial charge in [-0.2, -0.15) is 4.98 Å². The van der Waals surface area contributed by atoms with Crippen LogP contribution in [-0.2, 0) is 25.5 Å². The lowest BCUT2D eigenvalue weighted by atomic mass is 10.0. The van der Waals surface area contributed by atoms with Gasteiger partial charge in [-0.05, 0) is 83.4 Å². The fourth-order valence-corrected chi connectivity index (χ4v) is 6.43. The van der Waals surface area contributed by atoms with E-state index in [2.05, 4.69) is 20.5 Å². The Morgan fingerprint density at radius 3 is 2.34 bits per heavy atom. The van der Waals surface area contributed by atoms with Crippen molar-refractivity contribution < 1.29 is 23.9 Å². The van der Waals surface area contributed by atoms with E-state index in [0.29, 0.717) is 18.4 Å². The molecule has 11 nitrogen and oxygen atoms in total. The van der Waals surface area contributed by atoms with E-state index in [1.807, 2.05) is 31.2 Å². The molecule has 2 saturated carbocycles. The molecular weight excluding hydrogens is 560 g/mol. The van der Waals surface area contributed by atoms with Gasteiger partial charge < -0.3 is 29.9 Å². The molecule has 0 unspecified atom stereocenters. The van der Waals surface area contributed by atoms with E-state index < -0.39 is 23.7 Å². The maximum Gasteiger partial charge on any atom is 0.408 e. The van der Waals surface area contributed by atoms with Gasteiger partial charge in [0.05, 0.1) is 6.20 Å². The zero-order valence-electron chi connectivity index (χ0n) is 26.6. The Balaban J connectivity index is 1.30. The number of carbonyl (C=O) groups excluding carboxylic acids is 3. The van der Waals surface area contributed by atoms with Crippen molar-refractivity contribution in [1.29, 1.82) is 0 Å². The lowest BCUT2D eigenvalue weighted by Crippen LogP contribution is -2.55. The van der Waals surface area contributed by atoms with Crippen molar-refractivity contribution in [2.75, 3.05) is 22.2 Å². The van der Waals surface area contributed by atoms with Crippen LogP contribution in [0.25, 0.3) is 0 Å². The van der Waals surface area contributed by atoms with Gasteiger partial charge in [0.15, 0.2) is 5.82 Å². The Bertz CT molecular complexity index is 1330. The number of benzene rings is 1. The van der Waals surface area contributed by atoms with Crippen LogP contribution in [-0.4, -0.2) is 64.8 Å². The van der Waals surface area contributed by atoms with E-state index in [1.165, 1.54) is 0 Å². The summed E-state index contributed by atoms with van der Waals surface area (Å²) in [6.07, 6.45) is 10.1. The lowest BCUT2D eigenvalue weighted by molar-refractivity contribution is -0.151. The number of fused-ring (bicyclic) bond motifs is 1. The number of anilines is 4. The van der Waals surface area contributed by atoms with Crippen molar-refractivity contribution in [2.45, 2.75) is 122 Å². The molecule has 2 fully saturated rings. The smallest absolute Gasteiger partial charge is 0.408 e. The number of amides is 2. The van der Waals surface area contributed by atoms with Crippen LogP contribution in [0.15, 0.2) is 30.5 Å². The number of hydrogen-bond donors (Lipinski definition) is 2. The number of carbonyl (C=O) groups is 3. The molecule has 11 heteroatoms. The monoisotopic (exact) mass is 606 g/mol. The minimum Gasteiger partial charge on any atom is -0.461 e. The van der Waals surface area contributed by atoms with E-state index >= 15 is 0 Å². The van der Waals surface area contributed by atoms with Crippen LogP contribution >= 0.6 is 0 Å². The highest BCUT2D eigenvalue weighted by molar-refractivity contribution is 6.04. The average molecular weight is 607 g/mol. The van der Waals surface area contributed by atoms with Gasteiger partial charge in [-0.25, -0.2) is 14.6 Å². The topological polar surface area (TPSA) is 126 Å². The number of esters is 1. The van der Waals surface area contributed by atoms with Crippen LogP contribution in [0.3, 0.4) is 0 Å². The third-order valence-corrected chi connectivity index (χ3v) is 8.62. The maximum atomic E-state index is 13.2. The molecule has 238 valence electrons. The van der Waals surface area contributed by atoms with Gasteiger partial charge in [-0.1, -0.05) is 31.9 Å². The van der Waals surface area contributed by atoms with Gasteiger partial charge in [-0.15, -0.1) is 0 Å². The predicted octanol–water partition coefficient (Wildman–Crippen LogP) is 5.65. The number of rotatable bonds is 9. The molecule has 0 radical (unpaired) electrons. The standard InChI is InChI=1S/C33H46N6O5/c1-6-26-29(40)38(5)27-20-34-31(37-28(27)39(26)23-11-7-8-12-23)35-22-17-15-21(16-18-22)19-25(36-32(42)44-33(2,3)4)30(41)43-24-13-9-10-14-24/h15-18,20,23-26H,6-14,19H2,1-5H3,(H,36,42)(H,34,35,37)/t25-,26+/m0/s1. The number of ether oxygens (including phenoxy) is 2. The number of aromatic nitrogens is 2. The first-order valence-corrected chi connectivity index (χ1v) is 16.0.